The molecule has 120 valence electrons. The van der Waals surface area contributed by atoms with Crippen molar-refractivity contribution in [3.63, 3.8) is 0 Å². The zero-order valence-corrected chi connectivity index (χ0v) is 14.0. The normalized spacial score (nSPS) is 17.4. The second-order valence-electron chi connectivity index (χ2n) is 5.86. The maximum absolute atomic E-state index is 5.43. The quantitative estimate of drug-likeness (QED) is 0.773. The molecular formula is C18H21N3OS. The second-order valence-corrected chi connectivity index (χ2v) is 6.84. The molecule has 0 bridgehead atoms. The Labute approximate surface area is 140 Å². The molecule has 23 heavy (non-hydrogen) atoms. The van der Waals surface area contributed by atoms with E-state index < -0.39 is 0 Å². The van der Waals surface area contributed by atoms with Crippen LogP contribution in [0, 0.1) is 0 Å². The third-order valence-electron chi connectivity index (χ3n) is 4.54. The molecule has 4 nitrogen and oxygen atoms in total. The summed E-state index contributed by atoms with van der Waals surface area (Å²) in [5.74, 6) is 0.906. The van der Waals surface area contributed by atoms with E-state index in [1.54, 1.807) is 7.11 Å². The monoisotopic (exact) mass is 327 g/mol. The van der Waals surface area contributed by atoms with Crippen LogP contribution in [0.4, 0.5) is 0 Å². The van der Waals surface area contributed by atoms with Crippen LogP contribution in [0.1, 0.15) is 16.5 Å². The van der Waals surface area contributed by atoms with E-state index in [4.69, 9.17) is 4.74 Å². The summed E-state index contributed by atoms with van der Waals surface area (Å²) in [5, 5.41) is 6.87. The molecule has 2 aromatic heterocycles. The van der Waals surface area contributed by atoms with E-state index >= 15 is 0 Å². The van der Waals surface area contributed by atoms with Gasteiger partial charge in [-0.25, -0.2) is 0 Å². The number of methoxy groups -OCH3 is 1. The van der Waals surface area contributed by atoms with Crippen molar-refractivity contribution >= 4 is 22.2 Å². The van der Waals surface area contributed by atoms with Crippen LogP contribution in [0.25, 0.3) is 10.9 Å². The van der Waals surface area contributed by atoms with Gasteiger partial charge in [-0.3, -0.25) is 4.90 Å². The van der Waals surface area contributed by atoms with Crippen molar-refractivity contribution in [2.45, 2.75) is 6.04 Å². The summed E-state index contributed by atoms with van der Waals surface area (Å²) in [4.78, 5) is 7.40. The van der Waals surface area contributed by atoms with E-state index in [1.165, 1.54) is 15.8 Å². The van der Waals surface area contributed by atoms with Crippen molar-refractivity contribution < 1.29 is 4.74 Å². The Balaban J connectivity index is 1.82. The number of aromatic amines is 1. The molecule has 1 atom stereocenters. The van der Waals surface area contributed by atoms with Gasteiger partial charge in [0, 0.05) is 53.7 Å². The maximum Gasteiger partial charge on any atom is 0.119 e. The first-order chi connectivity index (χ1) is 11.4. The maximum atomic E-state index is 5.43. The number of rotatable bonds is 4. The summed E-state index contributed by atoms with van der Waals surface area (Å²) in [6, 6.07) is 10.9. The molecule has 2 N–H and O–H groups in total. The van der Waals surface area contributed by atoms with Gasteiger partial charge < -0.3 is 15.0 Å². The lowest BCUT2D eigenvalue weighted by atomic mass is 10.0. The number of fused-ring (bicyclic) bond motifs is 1. The van der Waals surface area contributed by atoms with Gasteiger partial charge in [0.15, 0.2) is 0 Å². The van der Waals surface area contributed by atoms with Crippen molar-refractivity contribution in [3.8, 4) is 5.75 Å². The molecule has 0 radical (unpaired) electrons. The lowest BCUT2D eigenvalue weighted by Crippen LogP contribution is -2.45. The Kier molecular flexibility index (Phi) is 4.08. The van der Waals surface area contributed by atoms with Crippen molar-refractivity contribution in [1.82, 2.24) is 15.2 Å². The first-order valence-corrected chi connectivity index (χ1v) is 8.88. The summed E-state index contributed by atoms with van der Waals surface area (Å²) in [7, 11) is 1.72. The first kappa shape index (κ1) is 14.8. The fourth-order valence-corrected chi connectivity index (χ4v) is 4.27. The fourth-order valence-electron chi connectivity index (χ4n) is 3.39. The van der Waals surface area contributed by atoms with Gasteiger partial charge in [-0.05, 0) is 29.6 Å². The van der Waals surface area contributed by atoms with Crippen molar-refractivity contribution in [2.24, 2.45) is 0 Å². The number of nitrogens with zero attached hydrogens (tertiary/aromatic N) is 1. The molecule has 5 heteroatoms. The van der Waals surface area contributed by atoms with Gasteiger partial charge >= 0.3 is 0 Å². The number of H-pyrrole nitrogens is 1. The fraction of sp³-hybridized carbons (Fsp3) is 0.333. The van der Waals surface area contributed by atoms with Gasteiger partial charge in [0.2, 0.25) is 0 Å². The summed E-state index contributed by atoms with van der Waals surface area (Å²) >= 11 is 1.83. The Hall–Kier alpha value is -1.82. The number of benzene rings is 1. The number of hydrogen-bond donors (Lipinski definition) is 2. The Morgan fingerprint density at radius 1 is 1.22 bits per heavy atom. The van der Waals surface area contributed by atoms with Crippen LogP contribution >= 0.6 is 11.3 Å². The molecule has 1 saturated heterocycles. The second kappa shape index (κ2) is 6.35. The zero-order chi connectivity index (χ0) is 15.6. The summed E-state index contributed by atoms with van der Waals surface area (Å²) < 4.78 is 5.43. The first-order valence-electron chi connectivity index (χ1n) is 8.00. The highest BCUT2D eigenvalue weighted by molar-refractivity contribution is 7.10. The van der Waals surface area contributed by atoms with Crippen LogP contribution < -0.4 is 10.1 Å². The summed E-state index contributed by atoms with van der Waals surface area (Å²) in [5.41, 5.74) is 2.50. The Bertz CT molecular complexity index is 775. The number of piperazine rings is 1. The summed E-state index contributed by atoms with van der Waals surface area (Å²) in [6.07, 6.45) is 2.16. The number of aromatic nitrogens is 1. The van der Waals surface area contributed by atoms with Gasteiger partial charge in [0.25, 0.3) is 0 Å². The van der Waals surface area contributed by atoms with Crippen molar-refractivity contribution in [2.75, 3.05) is 33.3 Å². The topological polar surface area (TPSA) is 40.3 Å². The minimum atomic E-state index is 0.304. The minimum absolute atomic E-state index is 0.304. The van der Waals surface area contributed by atoms with Crippen molar-refractivity contribution in [1.29, 1.82) is 0 Å². The molecule has 0 unspecified atom stereocenters. The van der Waals surface area contributed by atoms with E-state index in [2.05, 4.69) is 51.0 Å². The highest BCUT2D eigenvalue weighted by Gasteiger charge is 2.27. The van der Waals surface area contributed by atoms with E-state index in [0.29, 0.717) is 6.04 Å². The highest BCUT2D eigenvalue weighted by Crippen LogP contribution is 2.37. The molecule has 0 aliphatic carbocycles. The number of ether oxygens (including phenoxy) is 1. The lowest BCUT2D eigenvalue weighted by Gasteiger charge is -2.34. The third-order valence-corrected chi connectivity index (χ3v) is 5.47. The molecule has 1 aliphatic heterocycles. The Morgan fingerprint density at radius 2 is 2.09 bits per heavy atom. The standard InChI is InChI=1S/C18H21N3OS/c1-22-13-4-5-16-14(11-13)15(12-20-16)18(17-3-2-10-23-17)21-8-6-19-7-9-21/h2-5,10-12,18-20H,6-9H2,1H3/t18-/m0/s1. The molecule has 3 aromatic rings. The smallest absolute Gasteiger partial charge is 0.119 e. The van der Waals surface area contributed by atoms with Crippen LogP contribution in [0.2, 0.25) is 0 Å². The molecule has 1 aromatic carbocycles. The van der Waals surface area contributed by atoms with Crippen LogP contribution in [0.15, 0.2) is 41.9 Å². The molecular weight excluding hydrogens is 306 g/mol. The molecule has 1 fully saturated rings. The predicted molar refractivity (Wildman–Crippen MR) is 95.5 cm³/mol. The largest absolute Gasteiger partial charge is 0.497 e. The zero-order valence-electron chi connectivity index (χ0n) is 13.2. The predicted octanol–water partition coefficient (Wildman–Crippen LogP) is 3.23. The summed E-state index contributed by atoms with van der Waals surface area (Å²) in [6.45, 7) is 4.24. The average molecular weight is 327 g/mol. The molecule has 0 amide bonds. The van der Waals surface area contributed by atoms with Crippen molar-refractivity contribution in [3.05, 3.63) is 52.3 Å². The highest BCUT2D eigenvalue weighted by atomic mass is 32.1. The molecule has 0 saturated carbocycles. The van der Waals surface area contributed by atoms with E-state index in [0.717, 1.165) is 37.4 Å². The molecule has 3 heterocycles. The SMILES string of the molecule is COc1ccc2[nH]cc([C@@H](c3cccs3)N3CCNCC3)c2c1. The number of hydrogen-bond acceptors (Lipinski definition) is 4. The minimum Gasteiger partial charge on any atom is -0.497 e. The van der Waals surface area contributed by atoms with Gasteiger partial charge in [-0.2, -0.15) is 0 Å². The van der Waals surface area contributed by atoms with E-state index in [-0.39, 0.29) is 0 Å². The van der Waals surface area contributed by atoms with Gasteiger partial charge in [-0.15, -0.1) is 11.3 Å². The van der Waals surface area contributed by atoms with E-state index in [1.807, 2.05) is 17.4 Å². The van der Waals surface area contributed by atoms with Gasteiger partial charge in [0.05, 0.1) is 13.2 Å². The van der Waals surface area contributed by atoms with Crippen LogP contribution in [-0.4, -0.2) is 43.2 Å². The number of thiophene rings is 1. The van der Waals surface area contributed by atoms with Crippen LogP contribution in [-0.2, 0) is 0 Å². The average Bonchev–Trinajstić information content (AvgIpc) is 3.26. The van der Waals surface area contributed by atoms with Gasteiger partial charge in [-0.1, -0.05) is 6.07 Å². The van der Waals surface area contributed by atoms with Crippen LogP contribution in [0.3, 0.4) is 0 Å². The van der Waals surface area contributed by atoms with E-state index in [9.17, 15) is 0 Å². The molecule has 4 rings (SSSR count). The molecule has 0 spiro atoms. The Morgan fingerprint density at radius 3 is 2.83 bits per heavy atom. The number of nitrogens with one attached hydrogen (secondary N) is 2. The lowest BCUT2D eigenvalue weighted by molar-refractivity contribution is 0.201. The van der Waals surface area contributed by atoms with Crippen LogP contribution in [0.5, 0.6) is 5.75 Å². The molecule has 1 aliphatic rings. The third kappa shape index (κ3) is 2.76. The van der Waals surface area contributed by atoms with Gasteiger partial charge in [0.1, 0.15) is 5.75 Å².